The topological polar surface area (TPSA) is 29.5 Å². The van der Waals surface area contributed by atoms with E-state index in [9.17, 15) is 0 Å². The Hall–Kier alpha value is -1.18. The first-order valence-corrected chi connectivity index (χ1v) is 2.45. The monoisotopic (exact) mass is 126 g/mol. The van der Waals surface area contributed by atoms with Gasteiger partial charge in [0.05, 0.1) is 7.11 Å². The van der Waals surface area contributed by atoms with E-state index < -0.39 is 0 Å². The molecule has 50 valence electrons. The highest BCUT2D eigenvalue weighted by molar-refractivity contribution is 5.15. The Morgan fingerprint density at radius 1 is 1.44 bits per heavy atom. The van der Waals surface area contributed by atoms with E-state index in [0.717, 1.165) is 0 Å². The average molecular weight is 126 g/mol. The zero-order valence-electron chi connectivity index (χ0n) is 5.42. The maximum absolute atomic E-state index is 8.52. The van der Waals surface area contributed by atoms with Crippen molar-refractivity contribution in [1.29, 1.82) is 0 Å². The Balaban J connectivity index is 3.71. The molecule has 0 aromatic heterocycles. The van der Waals surface area contributed by atoms with Crippen molar-refractivity contribution in [2.45, 2.75) is 0 Å². The molecular formula is C7H10O2. The van der Waals surface area contributed by atoms with Crippen molar-refractivity contribution in [1.82, 2.24) is 0 Å². The highest BCUT2D eigenvalue weighted by Gasteiger charge is 1.80. The first-order valence-electron chi connectivity index (χ1n) is 2.45. The molecule has 0 aromatic rings. The third kappa shape index (κ3) is 4.68. The van der Waals surface area contributed by atoms with Crippen LogP contribution >= 0.6 is 0 Å². The van der Waals surface area contributed by atoms with Crippen molar-refractivity contribution >= 4 is 0 Å². The maximum Gasteiger partial charge on any atom is 0.111 e. The predicted octanol–water partition coefficient (Wildman–Crippen LogP) is 1.77. The van der Waals surface area contributed by atoms with Crippen LogP contribution in [0, 0.1) is 0 Å². The molecule has 0 spiro atoms. The number of hydrogen-bond donors (Lipinski definition) is 1. The number of allylic oxidation sites excluding steroid dienone is 2. The van der Waals surface area contributed by atoms with Gasteiger partial charge < -0.3 is 9.84 Å². The summed E-state index contributed by atoms with van der Waals surface area (Å²) in [5.74, 6) is 0.485. The van der Waals surface area contributed by atoms with Crippen molar-refractivity contribution in [3.63, 3.8) is 0 Å². The minimum Gasteiger partial charge on any atom is -0.509 e. The lowest BCUT2D eigenvalue weighted by Crippen LogP contribution is -1.77. The summed E-state index contributed by atoms with van der Waals surface area (Å²) in [5, 5.41) is 8.52. The highest BCUT2D eigenvalue weighted by Crippen LogP contribution is 1.94. The van der Waals surface area contributed by atoms with E-state index in [1.165, 1.54) is 19.3 Å². The quantitative estimate of drug-likeness (QED) is 0.461. The molecule has 0 aromatic carbocycles. The molecule has 1 N–H and O–H groups in total. The van der Waals surface area contributed by atoms with Gasteiger partial charge in [0, 0.05) is 0 Å². The van der Waals surface area contributed by atoms with Gasteiger partial charge in [0.15, 0.2) is 0 Å². The molecule has 0 saturated carbocycles. The van der Waals surface area contributed by atoms with Crippen LogP contribution < -0.4 is 0 Å². The normalized spacial score (nSPS) is 9.44. The van der Waals surface area contributed by atoms with Gasteiger partial charge in [0.2, 0.25) is 0 Å². The fourth-order valence-electron chi connectivity index (χ4n) is 0.257. The van der Waals surface area contributed by atoms with E-state index in [4.69, 9.17) is 5.11 Å². The van der Waals surface area contributed by atoms with Crippen LogP contribution in [0.4, 0.5) is 0 Å². The fraction of sp³-hybridized carbons (Fsp3) is 0.143. The molecule has 0 saturated heterocycles. The Morgan fingerprint density at radius 3 is 2.33 bits per heavy atom. The van der Waals surface area contributed by atoms with Crippen molar-refractivity contribution in [2.24, 2.45) is 0 Å². The maximum atomic E-state index is 8.52. The lowest BCUT2D eigenvalue weighted by Gasteiger charge is -1.93. The smallest absolute Gasteiger partial charge is 0.111 e. The Morgan fingerprint density at radius 2 is 2.00 bits per heavy atom. The van der Waals surface area contributed by atoms with Gasteiger partial charge in [-0.05, 0) is 12.2 Å². The minimum absolute atomic E-state index is 0.00630. The summed E-state index contributed by atoms with van der Waals surface area (Å²) in [5.41, 5.74) is 0. The molecule has 9 heavy (non-hydrogen) atoms. The molecule has 0 amide bonds. The number of aliphatic hydroxyl groups excluding tert-OH is 1. The van der Waals surface area contributed by atoms with Crippen molar-refractivity contribution < 1.29 is 9.84 Å². The van der Waals surface area contributed by atoms with Crippen LogP contribution in [-0.2, 0) is 4.74 Å². The summed E-state index contributed by atoms with van der Waals surface area (Å²) in [4.78, 5) is 0. The van der Waals surface area contributed by atoms with Crippen molar-refractivity contribution in [2.75, 3.05) is 7.11 Å². The summed E-state index contributed by atoms with van der Waals surface area (Å²) in [7, 11) is 1.51. The molecule has 2 nitrogen and oxygen atoms in total. The molecular weight excluding hydrogens is 116 g/mol. The Bertz CT molecular complexity index is 145. The van der Waals surface area contributed by atoms with Crippen LogP contribution in [0.2, 0.25) is 0 Å². The average Bonchev–Trinajstić information content (AvgIpc) is 1.83. The standard InChI is InChI=1S/C7H10O2/c1-6(8)4-5-7(2)9-3/h4-5,8H,1-2H2,3H3/b5-4-. The highest BCUT2D eigenvalue weighted by atomic mass is 16.5. The number of methoxy groups -OCH3 is 1. The molecule has 0 aliphatic heterocycles. The summed E-state index contributed by atoms with van der Waals surface area (Å²) in [6.45, 7) is 6.72. The molecule has 0 aliphatic carbocycles. The fourth-order valence-corrected chi connectivity index (χ4v) is 0.257. The summed E-state index contributed by atoms with van der Waals surface area (Å²) < 4.78 is 4.67. The molecule has 2 heteroatoms. The van der Waals surface area contributed by atoms with E-state index in [0.29, 0.717) is 5.76 Å². The summed E-state index contributed by atoms with van der Waals surface area (Å²) >= 11 is 0. The molecule has 0 aliphatic rings. The lowest BCUT2D eigenvalue weighted by molar-refractivity contribution is 0.308. The van der Waals surface area contributed by atoms with Crippen LogP contribution in [0.25, 0.3) is 0 Å². The van der Waals surface area contributed by atoms with Gasteiger partial charge in [0.1, 0.15) is 11.5 Å². The zero-order chi connectivity index (χ0) is 7.28. The van der Waals surface area contributed by atoms with Gasteiger partial charge >= 0.3 is 0 Å². The van der Waals surface area contributed by atoms with Crippen molar-refractivity contribution in [3.05, 3.63) is 36.8 Å². The minimum atomic E-state index is -0.00630. The third-order valence-corrected chi connectivity index (χ3v) is 0.724. The summed E-state index contributed by atoms with van der Waals surface area (Å²) in [6, 6.07) is 0. The second kappa shape index (κ2) is 3.78. The van der Waals surface area contributed by atoms with E-state index in [1.807, 2.05) is 0 Å². The zero-order valence-corrected chi connectivity index (χ0v) is 5.42. The van der Waals surface area contributed by atoms with Gasteiger partial charge in [-0.15, -0.1) is 0 Å². The van der Waals surface area contributed by atoms with Crippen LogP contribution in [0.15, 0.2) is 36.8 Å². The molecule has 0 atom stereocenters. The van der Waals surface area contributed by atoms with E-state index in [1.54, 1.807) is 0 Å². The van der Waals surface area contributed by atoms with E-state index >= 15 is 0 Å². The molecule has 0 bridgehead atoms. The molecule has 0 radical (unpaired) electrons. The lowest BCUT2D eigenvalue weighted by atomic mass is 10.4. The summed E-state index contributed by atoms with van der Waals surface area (Å²) in [6.07, 6.45) is 2.94. The van der Waals surface area contributed by atoms with Crippen LogP contribution in [-0.4, -0.2) is 12.2 Å². The van der Waals surface area contributed by atoms with Crippen molar-refractivity contribution in [3.8, 4) is 0 Å². The molecule has 0 heterocycles. The first kappa shape index (κ1) is 7.82. The van der Waals surface area contributed by atoms with Crippen LogP contribution in [0.1, 0.15) is 0 Å². The first-order chi connectivity index (χ1) is 4.16. The van der Waals surface area contributed by atoms with Gasteiger partial charge in [-0.25, -0.2) is 0 Å². The van der Waals surface area contributed by atoms with E-state index in [2.05, 4.69) is 17.9 Å². The van der Waals surface area contributed by atoms with Gasteiger partial charge in [-0.3, -0.25) is 0 Å². The second-order valence-corrected chi connectivity index (χ2v) is 1.50. The third-order valence-electron chi connectivity index (χ3n) is 0.724. The van der Waals surface area contributed by atoms with Crippen LogP contribution in [0.3, 0.4) is 0 Å². The SMILES string of the molecule is C=C(O)/C=C\C(=C)OC. The second-order valence-electron chi connectivity index (χ2n) is 1.50. The van der Waals surface area contributed by atoms with E-state index in [-0.39, 0.29) is 5.76 Å². The van der Waals surface area contributed by atoms with Gasteiger partial charge in [-0.1, -0.05) is 13.2 Å². The molecule has 0 rings (SSSR count). The van der Waals surface area contributed by atoms with Crippen LogP contribution in [0.5, 0.6) is 0 Å². The number of ether oxygens (including phenoxy) is 1. The Labute approximate surface area is 54.8 Å². The number of rotatable bonds is 3. The van der Waals surface area contributed by atoms with Gasteiger partial charge in [-0.2, -0.15) is 0 Å². The number of hydrogen-bond acceptors (Lipinski definition) is 2. The predicted molar refractivity (Wildman–Crippen MR) is 37.1 cm³/mol. The van der Waals surface area contributed by atoms with Gasteiger partial charge in [0.25, 0.3) is 0 Å². The molecule has 0 fully saturated rings. The molecule has 0 unspecified atom stereocenters. The largest absolute Gasteiger partial charge is 0.509 e. The Kier molecular flexibility index (Phi) is 3.28. The number of aliphatic hydroxyl groups is 1.